The number of nitrogens with zero attached hydrogens (tertiary/aromatic N) is 1. The molecule has 1 amide bonds. The van der Waals surface area contributed by atoms with Crippen LogP contribution in [-0.2, 0) is 0 Å². The number of hydrogen-bond acceptors (Lipinski definition) is 2. The summed E-state index contributed by atoms with van der Waals surface area (Å²) in [5.41, 5.74) is 1.60. The summed E-state index contributed by atoms with van der Waals surface area (Å²) in [6.45, 7) is 0. The van der Waals surface area contributed by atoms with Gasteiger partial charge in [-0.3, -0.25) is 4.79 Å². The fraction of sp³-hybridized carbons (Fsp3) is 0.562. The molecule has 3 rings (SSSR count). The molecule has 2 saturated carbocycles. The van der Waals surface area contributed by atoms with Gasteiger partial charge in [0, 0.05) is 30.8 Å². The molecular formula is C16H21ClN2O. The van der Waals surface area contributed by atoms with Gasteiger partial charge in [0.15, 0.2) is 0 Å². The Bertz CT molecular complexity index is 509. The van der Waals surface area contributed by atoms with Crippen molar-refractivity contribution in [1.82, 2.24) is 4.90 Å². The van der Waals surface area contributed by atoms with Crippen LogP contribution >= 0.6 is 11.6 Å². The maximum atomic E-state index is 12.3. The topological polar surface area (TPSA) is 32.3 Å². The Morgan fingerprint density at radius 1 is 1.25 bits per heavy atom. The van der Waals surface area contributed by atoms with Crippen molar-refractivity contribution in [2.75, 3.05) is 19.4 Å². The van der Waals surface area contributed by atoms with Crippen molar-refractivity contribution in [1.29, 1.82) is 0 Å². The molecule has 0 saturated heterocycles. The van der Waals surface area contributed by atoms with Crippen LogP contribution in [0, 0.1) is 11.8 Å². The van der Waals surface area contributed by atoms with E-state index in [4.69, 9.17) is 11.6 Å². The van der Waals surface area contributed by atoms with Gasteiger partial charge >= 0.3 is 0 Å². The van der Waals surface area contributed by atoms with Crippen LogP contribution in [0.4, 0.5) is 5.69 Å². The van der Waals surface area contributed by atoms with E-state index in [9.17, 15) is 4.79 Å². The van der Waals surface area contributed by atoms with Crippen molar-refractivity contribution in [3.8, 4) is 0 Å². The van der Waals surface area contributed by atoms with E-state index in [2.05, 4.69) is 5.32 Å². The Morgan fingerprint density at radius 3 is 2.35 bits per heavy atom. The van der Waals surface area contributed by atoms with Gasteiger partial charge in [-0.1, -0.05) is 11.6 Å². The van der Waals surface area contributed by atoms with E-state index in [0.717, 1.165) is 17.5 Å². The average molecular weight is 293 g/mol. The molecule has 1 N–H and O–H groups in total. The molecule has 0 aliphatic heterocycles. The molecule has 0 heterocycles. The maximum Gasteiger partial charge on any atom is 0.255 e. The summed E-state index contributed by atoms with van der Waals surface area (Å²) in [4.78, 5) is 13.9. The predicted molar refractivity (Wildman–Crippen MR) is 82.3 cm³/mol. The number of amides is 1. The summed E-state index contributed by atoms with van der Waals surface area (Å²) >= 11 is 6.11. The highest BCUT2D eigenvalue weighted by Crippen LogP contribution is 2.46. The lowest BCUT2D eigenvalue weighted by Crippen LogP contribution is -2.28. The lowest BCUT2D eigenvalue weighted by molar-refractivity contribution is 0.0828. The van der Waals surface area contributed by atoms with Crippen molar-refractivity contribution >= 4 is 23.2 Å². The molecule has 0 bridgehead atoms. The van der Waals surface area contributed by atoms with Crippen molar-refractivity contribution in [3.63, 3.8) is 0 Å². The third-order valence-electron chi connectivity index (χ3n) is 4.20. The summed E-state index contributed by atoms with van der Waals surface area (Å²) in [6.07, 6.45) is 5.24. The number of hydrogen-bond donors (Lipinski definition) is 1. The molecule has 4 heteroatoms. The Morgan fingerprint density at radius 2 is 1.85 bits per heavy atom. The van der Waals surface area contributed by atoms with Crippen LogP contribution in [0.25, 0.3) is 0 Å². The minimum absolute atomic E-state index is 0.0227. The second kappa shape index (κ2) is 5.28. The molecule has 108 valence electrons. The summed E-state index contributed by atoms with van der Waals surface area (Å²) in [6, 6.07) is 6.01. The van der Waals surface area contributed by atoms with Crippen LogP contribution in [0.2, 0.25) is 5.02 Å². The lowest BCUT2D eigenvalue weighted by atomic mass is 10.1. The first kappa shape index (κ1) is 13.7. The molecule has 20 heavy (non-hydrogen) atoms. The number of rotatable bonds is 5. The van der Waals surface area contributed by atoms with E-state index in [1.807, 2.05) is 12.1 Å². The van der Waals surface area contributed by atoms with Gasteiger partial charge in [-0.2, -0.15) is 0 Å². The van der Waals surface area contributed by atoms with Crippen molar-refractivity contribution < 1.29 is 4.79 Å². The van der Waals surface area contributed by atoms with Crippen LogP contribution in [0.15, 0.2) is 18.2 Å². The highest BCUT2D eigenvalue weighted by Gasteiger charge is 2.41. The van der Waals surface area contributed by atoms with Gasteiger partial charge < -0.3 is 10.2 Å². The smallest absolute Gasteiger partial charge is 0.255 e. The van der Waals surface area contributed by atoms with Gasteiger partial charge in [0.1, 0.15) is 0 Å². The molecule has 0 aromatic heterocycles. The molecule has 2 aliphatic rings. The van der Waals surface area contributed by atoms with Crippen LogP contribution in [0.3, 0.4) is 0 Å². The van der Waals surface area contributed by atoms with E-state index in [-0.39, 0.29) is 5.91 Å². The van der Waals surface area contributed by atoms with Crippen LogP contribution in [0.5, 0.6) is 0 Å². The maximum absolute atomic E-state index is 12.3. The highest BCUT2D eigenvalue weighted by atomic mass is 35.5. The monoisotopic (exact) mass is 292 g/mol. The number of nitrogens with one attached hydrogen (secondary N) is 1. The van der Waals surface area contributed by atoms with Crippen molar-refractivity contribution in [2.45, 2.75) is 31.7 Å². The minimum Gasteiger partial charge on any atom is -0.381 e. The largest absolute Gasteiger partial charge is 0.381 e. The van der Waals surface area contributed by atoms with Gasteiger partial charge in [0.25, 0.3) is 5.91 Å². The molecule has 0 spiro atoms. The number of benzene rings is 1. The standard InChI is InChI=1S/C16H21ClN2O/c1-19(2)16(20)13-8-7-12(17)9-14(13)18-15(10-3-4-10)11-5-6-11/h7-11,15,18H,3-6H2,1-2H3. The molecular weight excluding hydrogens is 272 g/mol. The molecule has 0 atom stereocenters. The zero-order valence-corrected chi connectivity index (χ0v) is 12.8. The van der Waals surface area contributed by atoms with E-state index < -0.39 is 0 Å². The molecule has 1 aromatic carbocycles. The lowest BCUT2D eigenvalue weighted by Gasteiger charge is -2.22. The quantitative estimate of drug-likeness (QED) is 0.898. The van der Waals surface area contributed by atoms with Crippen LogP contribution in [-0.4, -0.2) is 30.9 Å². The second-order valence-electron chi connectivity index (χ2n) is 6.23. The predicted octanol–water partition coefficient (Wildman–Crippen LogP) is 3.64. The van der Waals surface area contributed by atoms with Gasteiger partial charge in [-0.25, -0.2) is 0 Å². The molecule has 1 aromatic rings. The SMILES string of the molecule is CN(C)C(=O)c1ccc(Cl)cc1NC(C1CC1)C1CC1. The fourth-order valence-electron chi connectivity index (χ4n) is 2.77. The first-order valence-electron chi connectivity index (χ1n) is 7.34. The van der Waals surface area contributed by atoms with E-state index in [1.165, 1.54) is 25.7 Å². The number of carbonyl (C=O) groups excluding carboxylic acids is 1. The Hall–Kier alpha value is -1.22. The molecule has 0 radical (unpaired) electrons. The second-order valence-corrected chi connectivity index (χ2v) is 6.67. The summed E-state index contributed by atoms with van der Waals surface area (Å²) in [7, 11) is 3.56. The summed E-state index contributed by atoms with van der Waals surface area (Å²) in [5.74, 6) is 1.59. The van der Waals surface area contributed by atoms with E-state index in [1.54, 1.807) is 25.1 Å². The Labute approximate surface area is 125 Å². The van der Waals surface area contributed by atoms with Gasteiger partial charge in [0.2, 0.25) is 0 Å². The van der Waals surface area contributed by atoms with Crippen LogP contribution in [0.1, 0.15) is 36.0 Å². The first-order valence-corrected chi connectivity index (χ1v) is 7.72. The summed E-state index contributed by atoms with van der Waals surface area (Å²) in [5, 5.41) is 4.29. The van der Waals surface area contributed by atoms with Crippen LogP contribution < -0.4 is 5.32 Å². The minimum atomic E-state index is 0.0227. The van der Waals surface area contributed by atoms with Gasteiger partial charge in [-0.15, -0.1) is 0 Å². The fourth-order valence-corrected chi connectivity index (χ4v) is 2.95. The summed E-state index contributed by atoms with van der Waals surface area (Å²) < 4.78 is 0. The third kappa shape index (κ3) is 2.93. The highest BCUT2D eigenvalue weighted by molar-refractivity contribution is 6.31. The molecule has 2 aliphatic carbocycles. The Balaban J connectivity index is 1.86. The first-order chi connectivity index (χ1) is 9.56. The van der Waals surface area contributed by atoms with Gasteiger partial charge in [0.05, 0.1) is 5.56 Å². The number of halogens is 1. The van der Waals surface area contributed by atoms with Gasteiger partial charge in [-0.05, 0) is 55.7 Å². The molecule has 2 fully saturated rings. The third-order valence-corrected chi connectivity index (χ3v) is 4.44. The average Bonchev–Trinajstić information content (AvgIpc) is 3.28. The zero-order chi connectivity index (χ0) is 14.3. The molecule has 0 unspecified atom stereocenters. The number of anilines is 1. The molecule has 3 nitrogen and oxygen atoms in total. The van der Waals surface area contributed by atoms with E-state index in [0.29, 0.717) is 16.6 Å². The zero-order valence-electron chi connectivity index (χ0n) is 12.0. The normalized spacial score (nSPS) is 18.2. The Kier molecular flexibility index (Phi) is 3.63. The van der Waals surface area contributed by atoms with Crippen molar-refractivity contribution in [3.05, 3.63) is 28.8 Å². The van der Waals surface area contributed by atoms with E-state index >= 15 is 0 Å². The van der Waals surface area contributed by atoms with Crippen molar-refractivity contribution in [2.24, 2.45) is 11.8 Å². The number of carbonyl (C=O) groups is 1.